The van der Waals surface area contributed by atoms with Crippen LogP contribution >= 0.6 is 11.6 Å². The van der Waals surface area contributed by atoms with Gasteiger partial charge in [-0.1, -0.05) is 23.7 Å². The summed E-state index contributed by atoms with van der Waals surface area (Å²) in [4.78, 5) is 6.73. The van der Waals surface area contributed by atoms with Crippen LogP contribution in [-0.4, -0.2) is 30.0 Å². The Bertz CT molecular complexity index is 464. The first-order chi connectivity index (χ1) is 8.65. The standard InChI is InChI=1S/C14H18ClN3/c1-18(11-6-7-11)14(16)17-13-8-12(13)9-2-4-10(15)5-3-9/h2-5,11-13H,6-8H2,1H3,(H2,16,17)/t12-,13-/m1/s1. The minimum atomic E-state index is 0.354. The molecule has 0 aliphatic heterocycles. The van der Waals surface area contributed by atoms with Gasteiger partial charge in [-0.05, 0) is 37.0 Å². The molecule has 0 saturated heterocycles. The monoisotopic (exact) mass is 263 g/mol. The van der Waals surface area contributed by atoms with Gasteiger partial charge in [-0.3, -0.25) is 0 Å². The van der Waals surface area contributed by atoms with Crippen LogP contribution in [-0.2, 0) is 0 Å². The Hall–Kier alpha value is -1.22. The first-order valence-electron chi connectivity index (χ1n) is 6.46. The van der Waals surface area contributed by atoms with Crippen LogP contribution < -0.4 is 5.73 Å². The third-order valence-corrected chi connectivity index (χ3v) is 4.06. The molecule has 1 aromatic carbocycles. The lowest BCUT2D eigenvalue weighted by atomic mass is 10.1. The fraction of sp³-hybridized carbons (Fsp3) is 0.500. The van der Waals surface area contributed by atoms with Crippen LogP contribution in [0.25, 0.3) is 0 Å². The second-order valence-electron chi connectivity index (χ2n) is 5.29. The van der Waals surface area contributed by atoms with Gasteiger partial charge in [0.15, 0.2) is 5.96 Å². The summed E-state index contributed by atoms with van der Waals surface area (Å²) >= 11 is 5.89. The van der Waals surface area contributed by atoms with Gasteiger partial charge in [-0.25, -0.2) is 4.99 Å². The van der Waals surface area contributed by atoms with Gasteiger partial charge in [0.1, 0.15) is 0 Å². The van der Waals surface area contributed by atoms with Crippen LogP contribution in [0.15, 0.2) is 29.3 Å². The van der Waals surface area contributed by atoms with E-state index < -0.39 is 0 Å². The van der Waals surface area contributed by atoms with Crippen molar-refractivity contribution in [3.8, 4) is 0 Å². The first-order valence-corrected chi connectivity index (χ1v) is 6.84. The molecule has 2 fully saturated rings. The van der Waals surface area contributed by atoms with E-state index in [1.54, 1.807) is 0 Å². The van der Waals surface area contributed by atoms with Gasteiger partial charge >= 0.3 is 0 Å². The molecule has 0 bridgehead atoms. The Balaban J connectivity index is 1.63. The summed E-state index contributed by atoms with van der Waals surface area (Å²) in [6.45, 7) is 0. The van der Waals surface area contributed by atoms with E-state index in [1.807, 2.05) is 19.2 Å². The van der Waals surface area contributed by atoms with E-state index in [9.17, 15) is 0 Å². The molecule has 96 valence electrons. The number of nitrogens with zero attached hydrogens (tertiary/aromatic N) is 2. The highest BCUT2D eigenvalue weighted by atomic mass is 35.5. The number of nitrogens with two attached hydrogens (primary N) is 1. The molecule has 2 atom stereocenters. The molecule has 0 amide bonds. The summed E-state index contributed by atoms with van der Waals surface area (Å²) in [6.07, 6.45) is 3.59. The predicted molar refractivity (Wildman–Crippen MR) is 75.0 cm³/mol. The Morgan fingerprint density at radius 1 is 1.33 bits per heavy atom. The lowest BCUT2D eigenvalue weighted by molar-refractivity contribution is 0.487. The summed E-state index contributed by atoms with van der Waals surface area (Å²) < 4.78 is 0. The molecule has 0 aromatic heterocycles. The van der Waals surface area contributed by atoms with Crippen molar-refractivity contribution in [2.24, 2.45) is 10.7 Å². The molecule has 3 rings (SSSR count). The third kappa shape index (κ3) is 2.46. The predicted octanol–water partition coefficient (Wildman–Crippen LogP) is 2.60. The average Bonchev–Trinajstić information content (AvgIpc) is 3.23. The van der Waals surface area contributed by atoms with Gasteiger partial charge in [0, 0.05) is 24.0 Å². The second kappa shape index (κ2) is 4.47. The molecular weight excluding hydrogens is 246 g/mol. The summed E-state index contributed by atoms with van der Waals surface area (Å²) in [6, 6.07) is 9.03. The number of rotatable bonds is 3. The van der Waals surface area contributed by atoms with Gasteiger partial charge in [0.25, 0.3) is 0 Å². The minimum absolute atomic E-state index is 0.354. The zero-order valence-corrected chi connectivity index (χ0v) is 11.3. The molecule has 0 spiro atoms. The van der Waals surface area contributed by atoms with Gasteiger partial charge < -0.3 is 10.6 Å². The molecule has 3 nitrogen and oxygen atoms in total. The van der Waals surface area contributed by atoms with Crippen LogP contribution in [0, 0.1) is 0 Å². The van der Waals surface area contributed by atoms with Crippen molar-refractivity contribution in [1.82, 2.24) is 4.90 Å². The summed E-state index contributed by atoms with van der Waals surface area (Å²) in [5, 5.41) is 0.785. The Morgan fingerprint density at radius 3 is 2.61 bits per heavy atom. The summed E-state index contributed by atoms with van der Waals surface area (Å²) in [5.74, 6) is 1.22. The highest BCUT2D eigenvalue weighted by molar-refractivity contribution is 6.30. The SMILES string of the molecule is CN(C(N)=N[C@@H]1C[C@@H]1c1ccc(Cl)cc1)C1CC1. The number of aliphatic imine (C=N–C) groups is 1. The lowest BCUT2D eigenvalue weighted by Crippen LogP contribution is -2.36. The smallest absolute Gasteiger partial charge is 0.191 e. The normalized spacial score (nSPS) is 27.1. The summed E-state index contributed by atoms with van der Waals surface area (Å²) in [5.41, 5.74) is 7.33. The number of hydrogen-bond donors (Lipinski definition) is 1. The molecule has 1 aromatic rings. The zero-order chi connectivity index (χ0) is 12.7. The molecule has 4 heteroatoms. The van der Waals surface area contributed by atoms with Crippen LogP contribution in [0.2, 0.25) is 5.02 Å². The Morgan fingerprint density at radius 2 is 2.00 bits per heavy atom. The van der Waals surface area contributed by atoms with Gasteiger partial charge in [-0.2, -0.15) is 0 Å². The maximum atomic E-state index is 6.02. The summed E-state index contributed by atoms with van der Waals surface area (Å²) in [7, 11) is 2.04. The van der Waals surface area contributed by atoms with Crippen molar-refractivity contribution in [2.45, 2.75) is 37.3 Å². The number of guanidine groups is 1. The Kier molecular flexibility index (Phi) is 2.94. The van der Waals surface area contributed by atoms with E-state index >= 15 is 0 Å². The molecule has 0 heterocycles. The molecule has 2 N–H and O–H groups in total. The molecule has 2 aliphatic rings. The fourth-order valence-corrected chi connectivity index (χ4v) is 2.43. The molecule has 0 unspecified atom stereocenters. The minimum Gasteiger partial charge on any atom is -0.370 e. The van der Waals surface area contributed by atoms with Crippen LogP contribution in [0.5, 0.6) is 0 Å². The fourth-order valence-electron chi connectivity index (χ4n) is 2.30. The van der Waals surface area contributed by atoms with Crippen molar-refractivity contribution in [2.75, 3.05) is 7.05 Å². The first kappa shape index (κ1) is 11.8. The molecule has 0 radical (unpaired) electrons. The largest absolute Gasteiger partial charge is 0.370 e. The van der Waals surface area contributed by atoms with Gasteiger partial charge in [-0.15, -0.1) is 0 Å². The second-order valence-corrected chi connectivity index (χ2v) is 5.73. The van der Waals surface area contributed by atoms with Gasteiger partial charge in [0.05, 0.1) is 6.04 Å². The van der Waals surface area contributed by atoms with E-state index in [2.05, 4.69) is 22.0 Å². The molecular formula is C14H18ClN3. The van der Waals surface area contributed by atoms with Crippen molar-refractivity contribution < 1.29 is 0 Å². The van der Waals surface area contributed by atoms with Crippen LogP contribution in [0.3, 0.4) is 0 Å². The molecule has 2 aliphatic carbocycles. The lowest BCUT2D eigenvalue weighted by Gasteiger charge is -2.16. The molecule has 2 saturated carbocycles. The van der Waals surface area contributed by atoms with Gasteiger partial charge in [0.2, 0.25) is 0 Å². The third-order valence-electron chi connectivity index (χ3n) is 3.81. The van der Waals surface area contributed by atoms with Crippen molar-refractivity contribution >= 4 is 17.6 Å². The molecule has 18 heavy (non-hydrogen) atoms. The highest BCUT2D eigenvalue weighted by Gasteiger charge is 2.39. The van der Waals surface area contributed by atoms with Crippen molar-refractivity contribution in [3.63, 3.8) is 0 Å². The average molecular weight is 264 g/mol. The zero-order valence-electron chi connectivity index (χ0n) is 10.5. The van der Waals surface area contributed by atoms with E-state index in [0.717, 1.165) is 11.4 Å². The topological polar surface area (TPSA) is 41.6 Å². The maximum absolute atomic E-state index is 6.02. The number of benzene rings is 1. The van der Waals surface area contributed by atoms with E-state index in [1.165, 1.54) is 18.4 Å². The number of halogens is 1. The Labute approximate surface area is 113 Å². The quantitative estimate of drug-likeness (QED) is 0.673. The van der Waals surface area contributed by atoms with E-state index in [4.69, 9.17) is 17.3 Å². The van der Waals surface area contributed by atoms with Crippen molar-refractivity contribution in [1.29, 1.82) is 0 Å². The van der Waals surface area contributed by atoms with Crippen LogP contribution in [0.4, 0.5) is 0 Å². The maximum Gasteiger partial charge on any atom is 0.191 e. The number of hydrogen-bond acceptors (Lipinski definition) is 1. The highest BCUT2D eigenvalue weighted by Crippen LogP contribution is 2.43. The van der Waals surface area contributed by atoms with E-state index in [0.29, 0.717) is 24.0 Å². The van der Waals surface area contributed by atoms with Crippen LogP contribution in [0.1, 0.15) is 30.7 Å². The van der Waals surface area contributed by atoms with E-state index in [-0.39, 0.29) is 0 Å². The van der Waals surface area contributed by atoms with Crippen molar-refractivity contribution in [3.05, 3.63) is 34.9 Å².